The molecule has 4 heteroatoms. The van der Waals surface area contributed by atoms with Crippen LogP contribution in [-0.2, 0) is 0 Å². The topological polar surface area (TPSA) is 13.0 Å². The van der Waals surface area contributed by atoms with Crippen LogP contribution in [0.25, 0.3) is 44.5 Å². The van der Waals surface area contributed by atoms with Crippen molar-refractivity contribution < 1.29 is 0 Å². The Hall–Kier alpha value is -4.70. The maximum Gasteiger partial charge on any atom is 0.0366 e. The predicted molar refractivity (Wildman–Crippen MR) is 296 cm³/mol. The minimum Gasteiger partial charge on any atom is -0.371 e. The van der Waals surface area contributed by atoms with E-state index < -0.39 is 0 Å². The van der Waals surface area contributed by atoms with Gasteiger partial charge in [-0.1, -0.05) is 171 Å². The van der Waals surface area contributed by atoms with Gasteiger partial charge in [0.1, 0.15) is 0 Å². The Balaban J connectivity index is 1.79. The van der Waals surface area contributed by atoms with E-state index in [9.17, 15) is 0 Å². The quantitative estimate of drug-likeness (QED) is 0.0612. The van der Waals surface area contributed by atoms with Crippen molar-refractivity contribution in [2.75, 3.05) is 72.0 Å². The molecular weight excluding hydrogens is 801 g/mol. The average molecular weight is 891 g/mol. The van der Waals surface area contributed by atoms with Crippen molar-refractivity contribution in [2.24, 2.45) is 47.3 Å². The molecule has 0 aliphatic heterocycles. The fraction of sp³-hybridized carbons (Fsp3) is 0.516. The van der Waals surface area contributed by atoms with Crippen LogP contribution in [0.4, 0.5) is 22.7 Å². The summed E-state index contributed by atoms with van der Waals surface area (Å²) in [6.07, 6.45) is 0. The van der Waals surface area contributed by atoms with Crippen LogP contribution in [0.15, 0.2) is 109 Å². The van der Waals surface area contributed by atoms with Crippen molar-refractivity contribution in [3.8, 4) is 44.5 Å². The average Bonchev–Trinajstić information content (AvgIpc) is 3.24. The van der Waals surface area contributed by atoms with Gasteiger partial charge in [-0.15, -0.1) is 0 Å². The monoisotopic (exact) mass is 891 g/mol. The van der Waals surface area contributed by atoms with E-state index in [1.54, 1.807) is 0 Å². The number of nitrogens with zero attached hydrogens (tertiary/aromatic N) is 4. The van der Waals surface area contributed by atoms with Crippen molar-refractivity contribution in [1.29, 1.82) is 0 Å². The molecule has 5 aromatic carbocycles. The fourth-order valence-corrected chi connectivity index (χ4v) is 9.73. The van der Waals surface area contributed by atoms with Gasteiger partial charge in [0.15, 0.2) is 0 Å². The number of rotatable bonds is 24. The standard InChI is InChI=1S/C62H90N4/c1-43(2)35-63(36-44(3)4)55-25-17-51(18-26-55)59-33-34-60(52-19-27-56(28-20-52)64(37-45(5)6)38-46(7)8)62(54-23-31-58(32-24-54)66(41-49(13)14)42-50(15)16)61(59)53-21-29-57(30-22-53)65(39-47(9)10)40-48(11)12/h17-34,43-50H,35-42H2,1-16H3. The first-order valence-corrected chi connectivity index (χ1v) is 25.9. The maximum absolute atomic E-state index is 2.58. The molecule has 0 heterocycles. The van der Waals surface area contributed by atoms with Crippen LogP contribution in [0.5, 0.6) is 0 Å². The van der Waals surface area contributed by atoms with E-state index in [0.29, 0.717) is 47.3 Å². The largest absolute Gasteiger partial charge is 0.371 e. The molecule has 358 valence electrons. The summed E-state index contributed by atoms with van der Waals surface area (Å²) < 4.78 is 0. The molecule has 0 N–H and O–H groups in total. The lowest BCUT2D eigenvalue weighted by molar-refractivity contribution is 0.552. The molecule has 0 atom stereocenters. The van der Waals surface area contributed by atoms with Crippen molar-refractivity contribution >= 4 is 22.7 Å². The summed E-state index contributed by atoms with van der Waals surface area (Å²) in [4.78, 5) is 10.3. The highest BCUT2D eigenvalue weighted by Crippen LogP contribution is 2.47. The van der Waals surface area contributed by atoms with Crippen LogP contribution >= 0.6 is 0 Å². The Bertz CT molecular complexity index is 1980. The summed E-state index contributed by atoms with van der Waals surface area (Å²) >= 11 is 0. The maximum atomic E-state index is 2.58. The molecule has 66 heavy (non-hydrogen) atoms. The van der Waals surface area contributed by atoms with Crippen LogP contribution in [-0.4, -0.2) is 52.4 Å². The molecule has 0 radical (unpaired) electrons. The summed E-state index contributed by atoms with van der Waals surface area (Å²) in [6.45, 7) is 45.6. The Labute approximate surface area is 404 Å². The summed E-state index contributed by atoms with van der Waals surface area (Å²) in [5.74, 6) is 4.65. The Morgan fingerprint density at radius 1 is 0.227 bits per heavy atom. The van der Waals surface area contributed by atoms with E-state index >= 15 is 0 Å². The molecule has 0 amide bonds. The molecular formula is C62H90N4. The highest BCUT2D eigenvalue weighted by molar-refractivity contribution is 6.02. The molecule has 5 rings (SSSR count). The van der Waals surface area contributed by atoms with E-state index in [1.807, 2.05) is 0 Å². The van der Waals surface area contributed by atoms with Crippen molar-refractivity contribution in [3.05, 3.63) is 109 Å². The lowest BCUT2D eigenvalue weighted by Crippen LogP contribution is -2.31. The first kappa shape index (κ1) is 52.3. The third kappa shape index (κ3) is 14.9. The molecule has 0 saturated heterocycles. The SMILES string of the molecule is CC(C)CN(CC(C)C)c1ccc(-c2ccc(-c3ccc(N(CC(C)C)CC(C)C)cc3)c(-c3ccc(N(CC(C)C)CC(C)C)cc3)c2-c2ccc(N(CC(C)C)CC(C)C)cc2)cc1. The number of hydrogen-bond acceptors (Lipinski definition) is 4. The summed E-state index contributed by atoms with van der Waals surface area (Å²) in [7, 11) is 0. The zero-order valence-corrected chi connectivity index (χ0v) is 44.5. The first-order valence-electron chi connectivity index (χ1n) is 25.9. The van der Waals surface area contributed by atoms with Crippen molar-refractivity contribution in [1.82, 2.24) is 0 Å². The zero-order chi connectivity index (χ0) is 48.2. The van der Waals surface area contributed by atoms with Gasteiger partial charge in [-0.2, -0.15) is 0 Å². The molecule has 0 unspecified atom stereocenters. The molecule has 0 aliphatic rings. The van der Waals surface area contributed by atoms with Gasteiger partial charge in [0.2, 0.25) is 0 Å². The van der Waals surface area contributed by atoms with E-state index in [2.05, 4.69) is 240 Å². The molecule has 0 fully saturated rings. The summed E-state index contributed by atoms with van der Waals surface area (Å²) in [5, 5.41) is 0. The van der Waals surface area contributed by atoms with Crippen LogP contribution in [0.3, 0.4) is 0 Å². The van der Waals surface area contributed by atoms with Crippen molar-refractivity contribution in [3.63, 3.8) is 0 Å². The highest BCUT2D eigenvalue weighted by atomic mass is 15.1. The van der Waals surface area contributed by atoms with Crippen LogP contribution in [0.1, 0.15) is 111 Å². The van der Waals surface area contributed by atoms with Gasteiger partial charge in [-0.3, -0.25) is 0 Å². The Morgan fingerprint density at radius 3 is 0.561 bits per heavy atom. The highest BCUT2D eigenvalue weighted by Gasteiger charge is 2.22. The summed E-state index contributed by atoms with van der Waals surface area (Å²) in [6, 6.07) is 42.9. The molecule has 5 aromatic rings. The predicted octanol–water partition coefficient (Wildman–Crippen LogP) is 16.8. The minimum absolute atomic E-state index is 0.576. The van der Waals surface area contributed by atoms with Gasteiger partial charge in [0.25, 0.3) is 0 Å². The van der Waals surface area contributed by atoms with Gasteiger partial charge >= 0.3 is 0 Å². The van der Waals surface area contributed by atoms with E-state index in [4.69, 9.17) is 0 Å². The fourth-order valence-electron chi connectivity index (χ4n) is 9.73. The van der Waals surface area contributed by atoms with Crippen LogP contribution < -0.4 is 19.6 Å². The second kappa shape index (κ2) is 24.4. The molecule has 4 nitrogen and oxygen atoms in total. The van der Waals surface area contributed by atoms with Crippen LogP contribution in [0.2, 0.25) is 0 Å². The number of anilines is 4. The van der Waals surface area contributed by atoms with E-state index in [0.717, 1.165) is 52.4 Å². The van der Waals surface area contributed by atoms with E-state index in [1.165, 1.54) is 67.3 Å². The van der Waals surface area contributed by atoms with Gasteiger partial charge in [-0.05, 0) is 140 Å². The third-order valence-corrected chi connectivity index (χ3v) is 12.0. The van der Waals surface area contributed by atoms with Gasteiger partial charge in [0, 0.05) is 75.1 Å². The minimum atomic E-state index is 0.576. The first-order chi connectivity index (χ1) is 31.3. The Kier molecular flexibility index (Phi) is 19.3. The number of benzene rings is 5. The van der Waals surface area contributed by atoms with Crippen LogP contribution in [0, 0.1) is 47.3 Å². The molecule has 0 saturated carbocycles. The van der Waals surface area contributed by atoms with Gasteiger partial charge < -0.3 is 19.6 Å². The molecule has 0 aliphatic carbocycles. The zero-order valence-electron chi connectivity index (χ0n) is 44.5. The van der Waals surface area contributed by atoms with Gasteiger partial charge in [-0.25, -0.2) is 0 Å². The second-order valence-electron chi connectivity index (χ2n) is 22.9. The summed E-state index contributed by atoms with van der Waals surface area (Å²) in [5.41, 5.74) is 15.2. The normalized spacial score (nSPS) is 12.0. The third-order valence-electron chi connectivity index (χ3n) is 12.0. The van der Waals surface area contributed by atoms with E-state index in [-0.39, 0.29) is 0 Å². The molecule has 0 spiro atoms. The van der Waals surface area contributed by atoms with Gasteiger partial charge in [0.05, 0.1) is 0 Å². The Morgan fingerprint density at radius 2 is 0.394 bits per heavy atom. The lowest BCUT2D eigenvalue weighted by atomic mass is 9.82. The van der Waals surface area contributed by atoms with Crippen molar-refractivity contribution in [2.45, 2.75) is 111 Å². The smallest absolute Gasteiger partial charge is 0.0366 e. The molecule has 0 aromatic heterocycles. The molecule has 0 bridgehead atoms. The number of hydrogen-bond donors (Lipinski definition) is 0. The lowest BCUT2D eigenvalue weighted by Gasteiger charge is -2.30. The second-order valence-corrected chi connectivity index (χ2v) is 22.9.